The van der Waals surface area contributed by atoms with Gasteiger partial charge in [0.2, 0.25) is 0 Å². The summed E-state index contributed by atoms with van der Waals surface area (Å²) in [6.07, 6.45) is 10.0. The summed E-state index contributed by atoms with van der Waals surface area (Å²) in [5.74, 6) is 2.82. The van der Waals surface area contributed by atoms with Crippen LogP contribution in [0.5, 0.6) is 0 Å². The predicted octanol–water partition coefficient (Wildman–Crippen LogP) is 1.92. The fraction of sp³-hybridized carbons (Fsp3) is 1.00. The minimum Gasteiger partial charge on any atom is -0.329 e. The lowest BCUT2D eigenvalue weighted by molar-refractivity contribution is -0.0359. The van der Waals surface area contributed by atoms with Crippen LogP contribution in [0.1, 0.15) is 44.9 Å². The van der Waals surface area contributed by atoms with E-state index >= 15 is 0 Å². The number of nitrogens with two attached hydrogens (primary N) is 1. The third-order valence-corrected chi connectivity index (χ3v) is 7.27. The Hall–Kier alpha value is -0.120. The molecule has 5 unspecified atom stereocenters. The molecule has 114 valence electrons. The van der Waals surface area contributed by atoms with Crippen LogP contribution < -0.4 is 5.73 Å². The lowest BCUT2D eigenvalue weighted by Gasteiger charge is -2.54. The van der Waals surface area contributed by atoms with Gasteiger partial charge in [-0.15, -0.1) is 0 Å². The van der Waals surface area contributed by atoms with Crippen molar-refractivity contribution in [2.75, 3.05) is 33.2 Å². The summed E-state index contributed by atoms with van der Waals surface area (Å²) >= 11 is 0. The lowest BCUT2D eigenvalue weighted by atomic mass is 9.75. The van der Waals surface area contributed by atoms with Gasteiger partial charge in [0.25, 0.3) is 0 Å². The van der Waals surface area contributed by atoms with Gasteiger partial charge in [0, 0.05) is 31.2 Å². The van der Waals surface area contributed by atoms with Crippen LogP contribution in [-0.4, -0.2) is 54.6 Å². The first-order valence-corrected chi connectivity index (χ1v) is 8.88. The summed E-state index contributed by atoms with van der Waals surface area (Å²) in [6, 6.07) is 0.855. The van der Waals surface area contributed by atoms with E-state index < -0.39 is 0 Å². The second-order valence-corrected chi connectivity index (χ2v) is 8.07. The van der Waals surface area contributed by atoms with E-state index in [1.54, 1.807) is 0 Å². The maximum Gasteiger partial charge on any atom is 0.0362 e. The van der Waals surface area contributed by atoms with E-state index in [0.29, 0.717) is 5.54 Å². The molecule has 2 N–H and O–H groups in total. The molecule has 2 heterocycles. The van der Waals surface area contributed by atoms with Crippen molar-refractivity contribution in [2.45, 2.75) is 56.5 Å². The van der Waals surface area contributed by atoms with Crippen LogP contribution in [0.4, 0.5) is 0 Å². The molecule has 4 rings (SSSR count). The second-order valence-electron chi connectivity index (χ2n) is 8.07. The molecule has 2 saturated carbocycles. The Morgan fingerprint density at radius 2 is 2.05 bits per heavy atom. The van der Waals surface area contributed by atoms with E-state index in [-0.39, 0.29) is 0 Å². The first-order valence-electron chi connectivity index (χ1n) is 8.88. The third kappa shape index (κ3) is 1.89. The molecule has 3 nitrogen and oxygen atoms in total. The largest absolute Gasteiger partial charge is 0.329 e. The summed E-state index contributed by atoms with van der Waals surface area (Å²) in [7, 11) is 2.34. The van der Waals surface area contributed by atoms with Crippen LogP contribution >= 0.6 is 0 Å². The predicted molar refractivity (Wildman–Crippen MR) is 82.6 cm³/mol. The molecule has 5 atom stereocenters. The van der Waals surface area contributed by atoms with E-state index in [1.165, 1.54) is 64.6 Å². The molecule has 0 aromatic rings. The van der Waals surface area contributed by atoms with E-state index in [9.17, 15) is 0 Å². The minimum atomic E-state index is 0.393. The normalized spacial score (nSPS) is 49.5. The summed E-state index contributed by atoms with van der Waals surface area (Å²) in [5.41, 5.74) is 6.72. The standard InChI is InChI=1S/C17H31N3/c1-19-7-2-3-14-11-20(8-6-16(14)19)17(12-18)10-13-4-5-15(17)9-13/h13-16H,2-12,18H2,1H3. The second kappa shape index (κ2) is 4.96. The van der Waals surface area contributed by atoms with Gasteiger partial charge in [0.15, 0.2) is 0 Å². The highest BCUT2D eigenvalue weighted by molar-refractivity contribution is 5.10. The van der Waals surface area contributed by atoms with Crippen LogP contribution in [0.3, 0.4) is 0 Å². The third-order valence-electron chi connectivity index (χ3n) is 7.27. The van der Waals surface area contributed by atoms with Gasteiger partial charge in [-0.1, -0.05) is 6.42 Å². The molecular formula is C17H31N3. The van der Waals surface area contributed by atoms with Crippen molar-refractivity contribution >= 4 is 0 Å². The Morgan fingerprint density at radius 3 is 2.75 bits per heavy atom. The van der Waals surface area contributed by atoms with Gasteiger partial charge in [-0.25, -0.2) is 0 Å². The first-order chi connectivity index (χ1) is 9.73. The van der Waals surface area contributed by atoms with Crippen molar-refractivity contribution in [3.63, 3.8) is 0 Å². The van der Waals surface area contributed by atoms with E-state index in [4.69, 9.17) is 5.73 Å². The number of likely N-dealkylation sites (tertiary alicyclic amines) is 2. The highest BCUT2D eigenvalue weighted by Gasteiger charge is 2.54. The van der Waals surface area contributed by atoms with Gasteiger partial charge in [0.05, 0.1) is 0 Å². The van der Waals surface area contributed by atoms with Gasteiger partial charge >= 0.3 is 0 Å². The Balaban J connectivity index is 1.52. The average molecular weight is 277 g/mol. The van der Waals surface area contributed by atoms with Crippen molar-refractivity contribution in [2.24, 2.45) is 23.5 Å². The smallest absolute Gasteiger partial charge is 0.0362 e. The number of nitrogens with zero attached hydrogens (tertiary/aromatic N) is 2. The fourth-order valence-corrected chi connectivity index (χ4v) is 6.24. The molecule has 4 aliphatic rings. The molecule has 3 heteroatoms. The number of rotatable bonds is 2. The highest BCUT2D eigenvalue weighted by Crippen LogP contribution is 2.54. The van der Waals surface area contributed by atoms with Crippen molar-refractivity contribution in [1.29, 1.82) is 0 Å². The zero-order chi connectivity index (χ0) is 13.7. The Morgan fingerprint density at radius 1 is 1.15 bits per heavy atom. The monoisotopic (exact) mass is 277 g/mol. The maximum atomic E-state index is 6.33. The molecule has 2 saturated heterocycles. The van der Waals surface area contributed by atoms with Gasteiger partial charge in [0.1, 0.15) is 0 Å². The molecule has 2 bridgehead atoms. The summed E-state index contributed by atoms with van der Waals surface area (Å²) in [6.45, 7) is 4.84. The average Bonchev–Trinajstić information content (AvgIpc) is 3.08. The first kappa shape index (κ1) is 13.5. The summed E-state index contributed by atoms with van der Waals surface area (Å²) in [4.78, 5) is 5.48. The highest BCUT2D eigenvalue weighted by atomic mass is 15.3. The molecule has 0 amide bonds. The van der Waals surface area contributed by atoms with Crippen molar-refractivity contribution in [3.8, 4) is 0 Å². The van der Waals surface area contributed by atoms with Crippen molar-refractivity contribution < 1.29 is 0 Å². The topological polar surface area (TPSA) is 32.5 Å². The SMILES string of the molecule is CN1CCCC2CN(C3(CN)CC4CCC3C4)CCC21. The summed E-state index contributed by atoms with van der Waals surface area (Å²) < 4.78 is 0. The van der Waals surface area contributed by atoms with Gasteiger partial charge in [-0.05, 0) is 69.9 Å². The van der Waals surface area contributed by atoms with Crippen LogP contribution in [0.25, 0.3) is 0 Å². The molecule has 4 fully saturated rings. The molecule has 20 heavy (non-hydrogen) atoms. The van der Waals surface area contributed by atoms with Crippen LogP contribution in [-0.2, 0) is 0 Å². The number of hydrogen-bond donors (Lipinski definition) is 1. The minimum absolute atomic E-state index is 0.393. The molecule has 2 aliphatic carbocycles. The molecule has 0 radical (unpaired) electrons. The van der Waals surface area contributed by atoms with Crippen LogP contribution in [0.15, 0.2) is 0 Å². The summed E-state index contributed by atoms with van der Waals surface area (Å²) in [5, 5.41) is 0. The van der Waals surface area contributed by atoms with Gasteiger partial charge in [-0.3, -0.25) is 4.90 Å². The quantitative estimate of drug-likeness (QED) is 0.837. The fourth-order valence-electron chi connectivity index (χ4n) is 6.24. The van der Waals surface area contributed by atoms with E-state index in [1.807, 2.05) is 0 Å². The molecular weight excluding hydrogens is 246 g/mol. The Labute approximate surface area is 123 Å². The zero-order valence-electron chi connectivity index (χ0n) is 13.1. The van der Waals surface area contributed by atoms with E-state index in [0.717, 1.165) is 30.3 Å². The van der Waals surface area contributed by atoms with Crippen LogP contribution in [0, 0.1) is 17.8 Å². The molecule has 0 aromatic carbocycles. The van der Waals surface area contributed by atoms with Crippen molar-refractivity contribution in [1.82, 2.24) is 9.80 Å². The molecule has 0 aromatic heterocycles. The van der Waals surface area contributed by atoms with Gasteiger partial charge in [-0.2, -0.15) is 0 Å². The van der Waals surface area contributed by atoms with E-state index in [2.05, 4.69) is 16.8 Å². The van der Waals surface area contributed by atoms with Crippen molar-refractivity contribution in [3.05, 3.63) is 0 Å². The lowest BCUT2D eigenvalue weighted by Crippen LogP contribution is -2.63. The number of hydrogen-bond acceptors (Lipinski definition) is 3. The van der Waals surface area contributed by atoms with Gasteiger partial charge < -0.3 is 10.6 Å². The Bertz CT molecular complexity index is 371. The number of fused-ring (bicyclic) bond motifs is 3. The maximum absolute atomic E-state index is 6.33. The number of piperidine rings is 2. The molecule has 2 aliphatic heterocycles. The zero-order valence-corrected chi connectivity index (χ0v) is 13.1. The molecule has 0 spiro atoms. The Kier molecular flexibility index (Phi) is 3.36. The van der Waals surface area contributed by atoms with Crippen LogP contribution in [0.2, 0.25) is 0 Å².